The van der Waals surface area contributed by atoms with Gasteiger partial charge >= 0.3 is 0 Å². The minimum atomic E-state index is 0.880. The maximum Gasteiger partial charge on any atom is 0.136 e. The van der Waals surface area contributed by atoms with Crippen molar-refractivity contribution in [1.82, 2.24) is 9.13 Å². The lowest BCUT2D eigenvalue weighted by atomic mass is 9.94. The Morgan fingerprint density at radius 2 is 0.564 bits per heavy atom. The lowest BCUT2D eigenvalue weighted by molar-refractivity contribution is 0.668. The highest BCUT2D eigenvalue weighted by molar-refractivity contribution is 6.18. The van der Waals surface area contributed by atoms with E-state index in [9.17, 15) is 0 Å². The van der Waals surface area contributed by atoms with Crippen LogP contribution in [0.1, 0.15) is 0 Å². The van der Waals surface area contributed by atoms with Crippen LogP contribution in [0.3, 0.4) is 0 Å². The van der Waals surface area contributed by atoms with E-state index in [-0.39, 0.29) is 0 Å². The molecule has 0 saturated carbocycles. The van der Waals surface area contributed by atoms with Crippen LogP contribution in [-0.2, 0) is 0 Å². The molecule has 0 saturated heterocycles. The number of benzene rings is 18. The lowest BCUT2D eigenvalue weighted by Gasteiger charge is -2.28. The normalized spacial score (nSPS) is 11.8. The smallest absolute Gasteiger partial charge is 0.136 e. The van der Waals surface area contributed by atoms with Gasteiger partial charge in [0, 0.05) is 88.5 Å². The molecule has 6 heteroatoms. The highest BCUT2D eigenvalue weighted by Crippen LogP contribution is 2.48. The van der Waals surface area contributed by atoms with Gasteiger partial charge in [0.1, 0.15) is 22.3 Å². The molecule has 0 amide bonds. The van der Waals surface area contributed by atoms with Crippen LogP contribution in [0.25, 0.3) is 176 Å². The minimum absolute atomic E-state index is 0.880. The summed E-state index contributed by atoms with van der Waals surface area (Å²) in [5, 5.41) is 14.1. The highest BCUT2D eigenvalue weighted by atomic mass is 16.3. The maximum absolute atomic E-state index is 6.39. The standard InChI is InChI=1S/C104H66N4O2/c1-2-20-71-63-73(44-41-67(71)19-1)72-21-15-22-83(66-72)105(77-51-47-69(48-52-77)85-30-17-39-100-103(85)91-27-7-13-37-98(91)109-100)78-55-59-82(60-56-78)108-96-35-12-6-26-90(96)102-87(29-16-36-97(102)108)75-46-43-68-42-45-74(64-76(68)65-75)84-23-3-9-32-93(84)106(79-53-49-70(50-54-79)86-31-18-40-101-104(86)92-28-8-14-38-99(92)110-101)80-57-61-81(62-58-80)107-94-33-10-4-24-88(94)89-25-5-11-34-95(89)107/h1-66H. The van der Waals surface area contributed by atoms with E-state index in [0.29, 0.717) is 0 Å². The Bertz CT molecular complexity index is 7350. The number of hydrogen-bond donors (Lipinski definition) is 0. The van der Waals surface area contributed by atoms with Gasteiger partial charge < -0.3 is 27.8 Å². The Hall–Kier alpha value is -14.7. The van der Waals surface area contributed by atoms with E-state index in [0.717, 1.165) is 150 Å². The maximum atomic E-state index is 6.39. The predicted octanol–water partition coefficient (Wildman–Crippen LogP) is 29.3. The summed E-state index contributed by atoms with van der Waals surface area (Å²) in [7, 11) is 0. The Morgan fingerprint density at radius 3 is 1.15 bits per heavy atom. The average molecular weight is 1400 g/mol. The molecule has 0 fully saturated rings. The first kappa shape index (κ1) is 62.6. The second-order valence-corrected chi connectivity index (χ2v) is 28.7. The van der Waals surface area contributed by atoms with Gasteiger partial charge in [0.15, 0.2) is 0 Å². The van der Waals surface area contributed by atoms with E-state index >= 15 is 0 Å². The fourth-order valence-electron chi connectivity index (χ4n) is 17.4. The largest absolute Gasteiger partial charge is 0.456 e. The minimum Gasteiger partial charge on any atom is -0.456 e. The number of hydrogen-bond acceptors (Lipinski definition) is 4. The van der Waals surface area contributed by atoms with E-state index in [1.165, 1.54) is 59.9 Å². The molecule has 0 bridgehead atoms. The topological polar surface area (TPSA) is 42.6 Å². The van der Waals surface area contributed by atoms with Crippen LogP contribution in [-0.4, -0.2) is 9.13 Å². The van der Waals surface area contributed by atoms with Crippen molar-refractivity contribution in [1.29, 1.82) is 0 Å². The van der Waals surface area contributed by atoms with Crippen LogP contribution in [0.15, 0.2) is 409 Å². The Balaban J connectivity index is 0.631. The molecule has 0 spiro atoms. The number of nitrogens with zero attached hydrogens (tertiary/aromatic N) is 4. The molecule has 110 heavy (non-hydrogen) atoms. The zero-order valence-electron chi connectivity index (χ0n) is 59.7. The lowest BCUT2D eigenvalue weighted by Crippen LogP contribution is -2.11. The van der Waals surface area contributed by atoms with Crippen molar-refractivity contribution in [2.24, 2.45) is 0 Å². The van der Waals surface area contributed by atoms with E-state index in [1.54, 1.807) is 0 Å². The molecule has 0 atom stereocenters. The fraction of sp³-hybridized carbons (Fsp3) is 0. The molecular formula is C104H66N4O2. The summed E-state index contributed by atoms with van der Waals surface area (Å²) in [6, 6.07) is 146. The van der Waals surface area contributed by atoms with Gasteiger partial charge in [0.25, 0.3) is 0 Å². The molecule has 0 aliphatic heterocycles. The molecule has 0 aliphatic carbocycles. The molecule has 4 heterocycles. The second kappa shape index (κ2) is 25.5. The molecule has 0 aliphatic rings. The van der Waals surface area contributed by atoms with Crippen LogP contribution in [0, 0.1) is 0 Å². The number of furan rings is 2. The molecule has 18 aromatic carbocycles. The van der Waals surface area contributed by atoms with E-state index < -0.39 is 0 Å². The third kappa shape index (κ3) is 10.3. The molecule has 0 N–H and O–H groups in total. The van der Waals surface area contributed by atoms with Gasteiger partial charge in [-0.25, -0.2) is 0 Å². The fourth-order valence-corrected chi connectivity index (χ4v) is 17.4. The number of anilines is 6. The Kier molecular flexibility index (Phi) is 14.5. The van der Waals surface area contributed by atoms with Gasteiger partial charge in [0.05, 0.1) is 27.8 Å². The van der Waals surface area contributed by atoms with Crippen molar-refractivity contribution in [3.8, 4) is 67.0 Å². The molecule has 4 aromatic heterocycles. The van der Waals surface area contributed by atoms with Crippen LogP contribution >= 0.6 is 0 Å². The molecule has 0 unspecified atom stereocenters. The summed E-state index contributed by atoms with van der Waals surface area (Å²) < 4.78 is 17.6. The monoisotopic (exact) mass is 1400 g/mol. The first-order chi connectivity index (χ1) is 54.5. The first-order valence-electron chi connectivity index (χ1n) is 37.6. The SMILES string of the molecule is c1cc(-c2ccc3ccccc3c2)cc(N(c2ccc(-c3cccc4oc5ccccc5c34)cc2)c2ccc(-n3c4ccccc4c4c(-c5ccc6ccc(-c7ccccc7N(c7ccc(-c8cccc9oc%10ccccc%10c89)cc7)c7ccc(-n8c9ccccc9c9ccccc98)cc7)cc6c5)cccc43)cc2)c1. The zero-order chi connectivity index (χ0) is 72.3. The van der Waals surface area contributed by atoms with Crippen LogP contribution in [0.4, 0.5) is 34.1 Å². The van der Waals surface area contributed by atoms with Crippen molar-refractivity contribution in [2.75, 3.05) is 9.80 Å². The third-order valence-corrected chi connectivity index (χ3v) is 22.5. The summed E-state index contributed by atoms with van der Waals surface area (Å²) in [6.07, 6.45) is 0. The zero-order valence-corrected chi connectivity index (χ0v) is 59.7. The van der Waals surface area contributed by atoms with Crippen molar-refractivity contribution < 1.29 is 8.83 Å². The van der Waals surface area contributed by atoms with Crippen LogP contribution in [0.5, 0.6) is 0 Å². The summed E-state index contributed by atoms with van der Waals surface area (Å²) in [4.78, 5) is 4.80. The summed E-state index contributed by atoms with van der Waals surface area (Å²) in [5.41, 5.74) is 28.0. The van der Waals surface area contributed by atoms with Gasteiger partial charge in [-0.15, -0.1) is 0 Å². The average Bonchev–Trinajstić information content (AvgIpc) is 1.58. The van der Waals surface area contributed by atoms with Crippen LogP contribution < -0.4 is 9.80 Å². The van der Waals surface area contributed by atoms with E-state index in [1.807, 2.05) is 18.2 Å². The highest BCUT2D eigenvalue weighted by Gasteiger charge is 2.24. The van der Waals surface area contributed by atoms with Gasteiger partial charge in [0.2, 0.25) is 0 Å². The number of rotatable bonds is 13. The molecule has 6 nitrogen and oxygen atoms in total. The van der Waals surface area contributed by atoms with Crippen molar-refractivity contribution in [3.05, 3.63) is 400 Å². The van der Waals surface area contributed by atoms with Crippen molar-refractivity contribution in [3.63, 3.8) is 0 Å². The third-order valence-electron chi connectivity index (χ3n) is 22.5. The van der Waals surface area contributed by atoms with Crippen molar-refractivity contribution >= 4 is 143 Å². The summed E-state index contributed by atoms with van der Waals surface area (Å²) >= 11 is 0. The van der Waals surface area contributed by atoms with Gasteiger partial charge in [-0.05, 0) is 229 Å². The number of para-hydroxylation sites is 6. The Labute approximate surface area is 634 Å². The molecule has 22 rings (SSSR count). The molecule has 514 valence electrons. The van der Waals surface area contributed by atoms with Gasteiger partial charge in [-0.2, -0.15) is 0 Å². The van der Waals surface area contributed by atoms with E-state index in [4.69, 9.17) is 8.83 Å². The van der Waals surface area contributed by atoms with Crippen molar-refractivity contribution in [2.45, 2.75) is 0 Å². The molecule has 0 radical (unpaired) electrons. The number of fused-ring (bicyclic) bond motifs is 14. The molecule has 22 aromatic rings. The second-order valence-electron chi connectivity index (χ2n) is 28.7. The van der Waals surface area contributed by atoms with Gasteiger partial charge in [-0.3, -0.25) is 0 Å². The van der Waals surface area contributed by atoms with Crippen LogP contribution in [0.2, 0.25) is 0 Å². The van der Waals surface area contributed by atoms with Gasteiger partial charge in [-0.1, -0.05) is 243 Å². The Morgan fingerprint density at radius 1 is 0.191 bits per heavy atom. The molecular weight excluding hydrogens is 1340 g/mol. The van der Waals surface area contributed by atoms with E-state index in [2.05, 4.69) is 401 Å². The summed E-state index contributed by atoms with van der Waals surface area (Å²) in [5.74, 6) is 0. The quantitative estimate of drug-likeness (QED) is 0.115. The number of aromatic nitrogens is 2. The summed E-state index contributed by atoms with van der Waals surface area (Å²) in [6.45, 7) is 0. The predicted molar refractivity (Wildman–Crippen MR) is 461 cm³/mol. The first-order valence-corrected chi connectivity index (χ1v) is 37.6.